The van der Waals surface area contributed by atoms with Crippen molar-refractivity contribution in [2.45, 2.75) is 27.7 Å². The quantitative estimate of drug-likeness (QED) is 0.157. The molecule has 0 saturated heterocycles. The molecule has 0 radical (unpaired) electrons. The number of rotatable bonds is 7. The van der Waals surface area contributed by atoms with Gasteiger partial charge in [-0.3, -0.25) is 0 Å². The Kier molecular flexibility index (Phi) is 10.2. The van der Waals surface area contributed by atoms with Gasteiger partial charge in [-0.2, -0.15) is 5.26 Å². The average Bonchev–Trinajstić information content (AvgIpc) is 3.87. The van der Waals surface area contributed by atoms with E-state index >= 15 is 8.78 Å². The molecule has 334 valence electrons. The molecule has 0 amide bonds. The number of halogens is 2. The average molecular weight is 906 g/mol. The summed E-state index contributed by atoms with van der Waals surface area (Å²) in [7, 11) is 0. The van der Waals surface area contributed by atoms with Crippen molar-refractivity contribution in [2.75, 3.05) is 0 Å². The SMILES string of the molecule is Cc1ccccc1-c1ccc2c(c1)c1cc(-c3ccccc3C)ccc1n2-c1cc(-c2cc(F)cc(F)c2)cc(-n2c3ccc(-c4ccccc4C)cc3c3cc(-c4ccccc4C)ccc32)c1C#N. The number of nitrogens with zero attached hydrogens (tertiary/aromatic N) is 3. The number of fused-ring (bicyclic) bond motifs is 6. The molecule has 0 fully saturated rings. The molecule has 0 atom stereocenters. The highest BCUT2D eigenvalue weighted by molar-refractivity contribution is 6.14. The number of aromatic nitrogens is 2. The van der Waals surface area contributed by atoms with E-state index in [-0.39, 0.29) is 0 Å². The molecule has 0 spiro atoms. The lowest BCUT2D eigenvalue weighted by Crippen LogP contribution is -2.05. The second-order valence-corrected chi connectivity index (χ2v) is 18.5. The summed E-state index contributed by atoms with van der Waals surface area (Å²) < 4.78 is 35.0. The van der Waals surface area contributed by atoms with Crippen LogP contribution in [0, 0.1) is 50.7 Å². The van der Waals surface area contributed by atoms with E-state index in [9.17, 15) is 5.26 Å². The third kappa shape index (κ3) is 6.99. The van der Waals surface area contributed by atoms with Crippen molar-refractivity contribution in [1.82, 2.24) is 9.13 Å². The van der Waals surface area contributed by atoms with Crippen molar-refractivity contribution in [3.05, 3.63) is 240 Å². The minimum absolute atomic E-state index is 0.360. The fourth-order valence-corrected chi connectivity index (χ4v) is 10.8. The van der Waals surface area contributed by atoms with E-state index in [1.807, 2.05) is 12.1 Å². The van der Waals surface area contributed by atoms with Gasteiger partial charge in [0.15, 0.2) is 0 Å². The Morgan fingerprint density at radius 2 is 0.614 bits per heavy atom. The van der Waals surface area contributed by atoms with Crippen LogP contribution in [0.25, 0.3) is 111 Å². The van der Waals surface area contributed by atoms with Gasteiger partial charge in [-0.1, -0.05) is 121 Å². The van der Waals surface area contributed by atoms with Crippen LogP contribution < -0.4 is 0 Å². The molecular weight excluding hydrogens is 861 g/mol. The van der Waals surface area contributed by atoms with Gasteiger partial charge in [0, 0.05) is 27.6 Å². The Hall–Kier alpha value is -8.85. The van der Waals surface area contributed by atoms with Crippen molar-refractivity contribution in [1.29, 1.82) is 5.26 Å². The van der Waals surface area contributed by atoms with Crippen LogP contribution in [0.3, 0.4) is 0 Å². The second-order valence-electron chi connectivity index (χ2n) is 18.5. The van der Waals surface area contributed by atoms with Crippen LogP contribution in [-0.2, 0) is 0 Å². The number of hydrogen-bond acceptors (Lipinski definition) is 1. The van der Waals surface area contributed by atoms with Crippen LogP contribution in [0.1, 0.15) is 27.8 Å². The first-order chi connectivity index (χ1) is 34.1. The number of benzene rings is 10. The van der Waals surface area contributed by atoms with Crippen molar-refractivity contribution >= 4 is 43.6 Å². The molecule has 12 aromatic rings. The highest BCUT2D eigenvalue weighted by atomic mass is 19.1. The first-order valence-electron chi connectivity index (χ1n) is 23.6. The summed E-state index contributed by atoms with van der Waals surface area (Å²) in [5.41, 5.74) is 19.6. The molecule has 0 N–H and O–H groups in total. The molecule has 0 aliphatic carbocycles. The third-order valence-corrected chi connectivity index (χ3v) is 14.2. The van der Waals surface area contributed by atoms with Crippen molar-refractivity contribution in [2.24, 2.45) is 0 Å². The molecule has 12 rings (SSSR count). The van der Waals surface area contributed by atoms with Gasteiger partial charge < -0.3 is 9.13 Å². The predicted molar refractivity (Wildman–Crippen MR) is 286 cm³/mol. The molecule has 2 heterocycles. The summed E-state index contributed by atoms with van der Waals surface area (Å²) >= 11 is 0. The van der Waals surface area contributed by atoms with Crippen LogP contribution in [0.15, 0.2) is 200 Å². The first-order valence-corrected chi connectivity index (χ1v) is 23.6. The monoisotopic (exact) mass is 905 g/mol. The highest BCUT2D eigenvalue weighted by Gasteiger charge is 2.25. The van der Waals surface area contributed by atoms with E-state index < -0.39 is 11.6 Å². The predicted octanol–water partition coefficient (Wildman–Crippen LogP) is 17.6. The fraction of sp³-hybridized carbons (Fsp3) is 0.0615. The summed E-state index contributed by atoms with van der Waals surface area (Å²) in [6.07, 6.45) is 0. The molecule has 0 aliphatic heterocycles. The Bertz CT molecular complexity index is 3700. The largest absolute Gasteiger partial charge is 0.308 e. The highest BCUT2D eigenvalue weighted by Crippen LogP contribution is 2.44. The normalized spacial score (nSPS) is 11.6. The Balaban J connectivity index is 1.20. The fourth-order valence-electron chi connectivity index (χ4n) is 10.8. The summed E-state index contributed by atoms with van der Waals surface area (Å²) in [4.78, 5) is 0. The van der Waals surface area contributed by atoms with E-state index in [1.165, 1.54) is 34.4 Å². The smallest absolute Gasteiger partial charge is 0.126 e. The molecule has 5 heteroatoms. The van der Waals surface area contributed by atoms with Gasteiger partial charge in [0.05, 0.1) is 33.4 Å². The minimum Gasteiger partial charge on any atom is -0.308 e. The van der Waals surface area contributed by atoms with Gasteiger partial charge in [-0.05, 0) is 178 Å². The van der Waals surface area contributed by atoms with Crippen molar-refractivity contribution in [3.63, 3.8) is 0 Å². The van der Waals surface area contributed by atoms with Crippen molar-refractivity contribution < 1.29 is 8.78 Å². The molecule has 10 aromatic carbocycles. The van der Waals surface area contributed by atoms with Gasteiger partial charge in [0.25, 0.3) is 0 Å². The molecule has 0 unspecified atom stereocenters. The maximum Gasteiger partial charge on any atom is 0.126 e. The molecule has 0 aliphatic rings. The van der Waals surface area contributed by atoms with Crippen LogP contribution in [0.2, 0.25) is 0 Å². The summed E-state index contributed by atoms with van der Waals surface area (Å²) in [6.45, 7) is 8.51. The van der Waals surface area contributed by atoms with Crippen LogP contribution in [-0.4, -0.2) is 9.13 Å². The molecule has 0 bridgehead atoms. The molecule has 0 saturated carbocycles. The lowest BCUT2D eigenvalue weighted by molar-refractivity contribution is 0.584. The van der Waals surface area contributed by atoms with Crippen molar-refractivity contribution in [3.8, 4) is 73.1 Å². The number of aryl methyl sites for hydroxylation is 4. The van der Waals surface area contributed by atoms with Gasteiger partial charge in [-0.25, -0.2) is 8.78 Å². The number of hydrogen-bond donors (Lipinski definition) is 0. The maximum absolute atomic E-state index is 15.4. The van der Waals surface area contributed by atoms with E-state index in [1.54, 1.807) is 0 Å². The van der Waals surface area contributed by atoms with E-state index in [0.29, 0.717) is 28.1 Å². The zero-order chi connectivity index (χ0) is 47.8. The molecule has 70 heavy (non-hydrogen) atoms. The Morgan fingerprint density at radius 3 is 0.900 bits per heavy atom. The molecule has 2 aromatic heterocycles. The minimum atomic E-state index is -0.684. The van der Waals surface area contributed by atoms with E-state index in [4.69, 9.17) is 0 Å². The standard InChI is InChI=1S/C65H45F2N3/c1-39-13-5-9-17-51(39)43-21-25-60-55(31-43)56-32-44(52-18-10-6-14-40(52)2)22-26-61(56)69(60)64-35-48(47-29-49(66)37-50(67)30-47)36-65(59(64)38-68)70-62-27-23-45(53-19-11-7-15-41(53)3)33-57(62)58-34-46(24-28-63(58)70)54-20-12-8-16-42(54)4/h5-37H,1-4H3. The maximum atomic E-state index is 15.4. The summed E-state index contributed by atoms with van der Waals surface area (Å²) in [6, 6.07) is 69.9. The van der Waals surface area contributed by atoms with Gasteiger partial charge in [0.2, 0.25) is 0 Å². The molecular formula is C65H45F2N3. The van der Waals surface area contributed by atoms with Crippen LogP contribution >= 0.6 is 0 Å². The summed E-state index contributed by atoms with van der Waals surface area (Å²) in [5, 5.41) is 15.8. The molecule has 3 nitrogen and oxygen atoms in total. The van der Waals surface area contributed by atoms with Crippen LogP contribution in [0.4, 0.5) is 8.78 Å². The van der Waals surface area contributed by atoms with E-state index in [0.717, 1.165) is 94.2 Å². The van der Waals surface area contributed by atoms with Crippen LogP contribution in [0.5, 0.6) is 0 Å². The van der Waals surface area contributed by atoms with Gasteiger partial charge in [-0.15, -0.1) is 0 Å². The summed E-state index contributed by atoms with van der Waals surface area (Å²) in [5.74, 6) is -1.37. The van der Waals surface area contributed by atoms with E-state index in [2.05, 4.69) is 213 Å². The third-order valence-electron chi connectivity index (χ3n) is 14.2. The Labute approximate surface area is 405 Å². The van der Waals surface area contributed by atoms with Gasteiger partial charge >= 0.3 is 0 Å². The zero-order valence-electron chi connectivity index (χ0n) is 39.2. The first kappa shape index (κ1) is 42.5. The lowest BCUT2D eigenvalue weighted by atomic mass is 9.97. The van der Waals surface area contributed by atoms with Gasteiger partial charge in [0.1, 0.15) is 23.3 Å². The zero-order valence-corrected chi connectivity index (χ0v) is 39.2. The number of nitriles is 1. The second kappa shape index (κ2) is 16.7. The topological polar surface area (TPSA) is 33.6 Å². The lowest BCUT2D eigenvalue weighted by Gasteiger charge is -2.19. The Morgan fingerprint density at radius 1 is 0.329 bits per heavy atom.